The van der Waals surface area contributed by atoms with Gasteiger partial charge in [-0.3, -0.25) is 14.7 Å². The number of aryl methyl sites for hydroxylation is 1. The van der Waals surface area contributed by atoms with Crippen LogP contribution in [0.5, 0.6) is 0 Å². The number of aromatic nitrogens is 1. The number of nitrogens with zero attached hydrogens (tertiary/aromatic N) is 2. The summed E-state index contributed by atoms with van der Waals surface area (Å²) in [5.41, 5.74) is 3.30. The van der Waals surface area contributed by atoms with Crippen LogP contribution in [0.2, 0.25) is 0 Å². The smallest absolute Gasteiger partial charge is 0.320 e. The summed E-state index contributed by atoms with van der Waals surface area (Å²) in [7, 11) is 0. The molecule has 0 bridgehead atoms. The third-order valence-electron chi connectivity index (χ3n) is 4.58. The number of benzene rings is 1. The van der Waals surface area contributed by atoms with E-state index in [0.717, 1.165) is 30.6 Å². The Morgan fingerprint density at radius 1 is 1.30 bits per heavy atom. The molecular weight excluding hydrogens is 288 g/mol. The van der Waals surface area contributed by atoms with Gasteiger partial charge >= 0.3 is 5.97 Å². The van der Waals surface area contributed by atoms with Gasteiger partial charge in [-0.25, -0.2) is 0 Å². The SMILES string of the molecule is CCc1ccc(C(c2ccccn2)N2CCCC2C(=O)O)cc1. The highest BCUT2D eigenvalue weighted by atomic mass is 16.4. The van der Waals surface area contributed by atoms with Crippen LogP contribution in [0.1, 0.15) is 42.6 Å². The van der Waals surface area contributed by atoms with Gasteiger partial charge in [-0.1, -0.05) is 37.3 Å². The van der Waals surface area contributed by atoms with E-state index in [0.29, 0.717) is 6.42 Å². The predicted molar refractivity (Wildman–Crippen MR) is 89.3 cm³/mol. The van der Waals surface area contributed by atoms with Gasteiger partial charge < -0.3 is 5.11 Å². The Labute approximate surface area is 136 Å². The van der Waals surface area contributed by atoms with Crippen molar-refractivity contribution in [3.05, 3.63) is 65.5 Å². The minimum atomic E-state index is -0.742. The lowest BCUT2D eigenvalue weighted by Gasteiger charge is -2.31. The Balaban J connectivity index is 2.01. The molecule has 1 aromatic heterocycles. The lowest BCUT2D eigenvalue weighted by atomic mass is 9.98. The Hall–Kier alpha value is -2.20. The van der Waals surface area contributed by atoms with E-state index in [4.69, 9.17) is 0 Å². The molecule has 0 saturated carbocycles. The highest BCUT2D eigenvalue weighted by Crippen LogP contribution is 2.34. The van der Waals surface area contributed by atoms with Gasteiger partial charge in [0.15, 0.2) is 0 Å². The molecule has 1 N–H and O–H groups in total. The molecule has 0 radical (unpaired) electrons. The van der Waals surface area contributed by atoms with Gasteiger partial charge in [0.25, 0.3) is 0 Å². The van der Waals surface area contributed by atoms with E-state index < -0.39 is 12.0 Å². The first-order valence-electron chi connectivity index (χ1n) is 8.19. The molecule has 2 heterocycles. The number of rotatable bonds is 5. The lowest BCUT2D eigenvalue weighted by Crippen LogP contribution is -2.39. The third-order valence-corrected chi connectivity index (χ3v) is 4.58. The zero-order chi connectivity index (χ0) is 16.2. The van der Waals surface area contributed by atoms with Gasteiger partial charge in [0.2, 0.25) is 0 Å². The fraction of sp³-hybridized carbons (Fsp3) is 0.368. The van der Waals surface area contributed by atoms with Crippen molar-refractivity contribution < 1.29 is 9.90 Å². The fourth-order valence-corrected chi connectivity index (χ4v) is 3.37. The molecule has 1 aliphatic heterocycles. The molecule has 0 aliphatic carbocycles. The van der Waals surface area contributed by atoms with Gasteiger partial charge in [-0.15, -0.1) is 0 Å². The largest absolute Gasteiger partial charge is 0.480 e. The molecule has 1 aromatic carbocycles. The molecule has 4 nitrogen and oxygen atoms in total. The summed E-state index contributed by atoms with van der Waals surface area (Å²) in [5, 5.41) is 9.55. The minimum Gasteiger partial charge on any atom is -0.480 e. The van der Waals surface area contributed by atoms with Gasteiger partial charge in [0.05, 0.1) is 11.7 Å². The molecule has 0 spiro atoms. The van der Waals surface area contributed by atoms with Gasteiger partial charge in [0, 0.05) is 12.7 Å². The van der Waals surface area contributed by atoms with Gasteiger partial charge in [-0.05, 0) is 42.5 Å². The number of carbonyl (C=O) groups is 1. The summed E-state index contributed by atoms with van der Waals surface area (Å²) in [5.74, 6) is -0.742. The minimum absolute atomic E-state index is 0.106. The van der Waals surface area contributed by atoms with Crippen molar-refractivity contribution in [3.8, 4) is 0 Å². The number of carboxylic acids is 1. The summed E-state index contributed by atoms with van der Waals surface area (Å²) in [4.78, 5) is 18.2. The van der Waals surface area contributed by atoms with Gasteiger partial charge in [-0.2, -0.15) is 0 Å². The molecule has 120 valence electrons. The number of hydrogen-bond donors (Lipinski definition) is 1. The van der Waals surface area contributed by atoms with Crippen LogP contribution in [-0.4, -0.2) is 33.5 Å². The molecule has 1 saturated heterocycles. The first-order valence-corrected chi connectivity index (χ1v) is 8.19. The molecule has 0 amide bonds. The average molecular weight is 310 g/mol. The number of pyridine rings is 1. The third kappa shape index (κ3) is 3.27. The van der Waals surface area contributed by atoms with Crippen LogP contribution in [-0.2, 0) is 11.2 Å². The van der Waals surface area contributed by atoms with Crippen molar-refractivity contribution in [2.24, 2.45) is 0 Å². The maximum absolute atomic E-state index is 11.6. The van der Waals surface area contributed by atoms with Crippen LogP contribution in [0.25, 0.3) is 0 Å². The van der Waals surface area contributed by atoms with Crippen molar-refractivity contribution in [2.45, 2.75) is 38.3 Å². The highest BCUT2D eigenvalue weighted by molar-refractivity contribution is 5.74. The van der Waals surface area contributed by atoms with Crippen LogP contribution in [0.4, 0.5) is 0 Å². The van der Waals surface area contributed by atoms with E-state index in [1.54, 1.807) is 6.20 Å². The van der Waals surface area contributed by atoms with E-state index in [-0.39, 0.29) is 6.04 Å². The zero-order valence-electron chi connectivity index (χ0n) is 13.4. The summed E-state index contributed by atoms with van der Waals surface area (Å²) in [6.45, 7) is 2.92. The molecule has 4 heteroatoms. The second kappa shape index (κ2) is 6.92. The summed E-state index contributed by atoms with van der Waals surface area (Å²) in [6.07, 6.45) is 4.38. The van der Waals surface area contributed by atoms with E-state index in [9.17, 15) is 9.90 Å². The number of hydrogen-bond acceptors (Lipinski definition) is 3. The standard InChI is InChI=1S/C19H22N2O2/c1-2-14-8-10-15(11-9-14)18(16-6-3-4-12-20-16)21-13-5-7-17(21)19(22)23/h3-4,6,8-12,17-18H,2,5,7,13H2,1H3,(H,22,23). The fourth-order valence-electron chi connectivity index (χ4n) is 3.37. The number of aliphatic carboxylic acids is 1. The Morgan fingerprint density at radius 3 is 2.70 bits per heavy atom. The quantitative estimate of drug-likeness (QED) is 0.921. The molecular formula is C19H22N2O2. The van der Waals surface area contributed by atoms with Crippen LogP contribution in [0.15, 0.2) is 48.7 Å². The van der Waals surface area contributed by atoms with E-state index in [2.05, 4.69) is 41.1 Å². The van der Waals surface area contributed by atoms with Crippen LogP contribution in [0, 0.1) is 0 Å². The molecule has 1 aliphatic rings. The van der Waals surface area contributed by atoms with Crippen LogP contribution in [0.3, 0.4) is 0 Å². The molecule has 1 fully saturated rings. The molecule has 2 unspecified atom stereocenters. The van der Waals surface area contributed by atoms with E-state index >= 15 is 0 Å². The van der Waals surface area contributed by atoms with Crippen molar-refractivity contribution in [1.82, 2.24) is 9.88 Å². The first-order chi connectivity index (χ1) is 11.2. The second-order valence-corrected chi connectivity index (χ2v) is 5.99. The molecule has 3 rings (SSSR count). The second-order valence-electron chi connectivity index (χ2n) is 5.99. The summed E-state index contributed by atoms with van der Waals surface area (Å²) < 4.78 is 0. The zero-order valence-corrected chi connectivity index (χ0v) is 13.4. The van der Waals surface area contributed by atoms with Crippen molar-refractivity contribution in [2.75, 3.05) is 6.54 Å². The van der Waals surface area contributed by atoms with Crippen molar-refractivity contribution in [1.29, 1.82) is 0 Å². The van der Waals surface area contributed by atoms with E-state index in [1.807, 2.05) is 18.2 Å². The Bertz CT molecular complexity index is 655. The van der Waals surface area contributed by atoms with Crippen LogP contribution >= 0.6 is 0 Å². The van der Waals surface area contributed by atoms with Gasteiger partial charge in [0.1, 0.15) is 6.04 Å². The van der Waals surface area contributed by atoms with Crippen LogP contribution < -0.4 is 0 Å². The summed E-state index contributed by atoms with van der Waals surface area (Å²) >= 11 is 0. The van der Waals surface area contributed by atoms with Crippen molar-refractivity contribution in [3.63, 3.8) is 0 Å². The lowest BCUT2D eigenvalue weighted by molar-refractivity contribution is -0.142. The predicted octanol–water partition coefficient (Wildman–Crippen LogP) is 3.28. The van der Waals surface area contributed by atoms with E-state index in [1.165, 1.54) is 5.56 Å². The molecule has 2 aromatic rings. The number of carboxylic acid groups (broad SMARTS) is 1. The Morgan fingerprint density at radius 2 is 2.09 bits per heavy atom. The number of likely N-dealkylation sites (tertiary alicyclic amines) is 1. The maximum atomic E-state index is 11.6. The first kappa shape index (κ1) is 15.7. The Kier molecular flexibility index (Phi) is 4.72. The normalized spacial score (nSPS) is 19.6. The topological polar surface area (TPSA) is 53.4 Å². The molecule has 23 heavy (non-hydrogen) atoms. The van der Waals surface area contributed by atoms with Crippen molar-refractivity contribution >= 4 is 5.97 Å². The highest BCUT2D eigenvalue weighted by Gasteiger charge is 2.37. The molecule has 2 atom stereocenters. The summed E-state index contributed by atoms with van der Waals surface area (Å²) in [6, 6.07) is 13.7. The monoisotopic (exact) mass is 310 g/mol. The average Bonchev–Trinajstić information content (AvgIpc) is 3.06. The maximum Gasteiger partial charge on any atom is 0.320 e.